The fourth-order valence-corrected chi connectivity index (χ4v) is 1.40. The number of rotatable bonds is 4. The molecule has 0 saturated carbocycles. The van der Waals surface area contributed by atoms with Gasteiger partial charge in [-0.2, -0.15) is 10.5 Å². The third-order valence-electron chi connectivity index (χ3n) is 2.28. The summed E-state index contributed by atoms with van der Waals surface area (Å²) in [6.07, 6.45) is 0. The second-order valence-corrected chi connectivity index (χ2v) is 3.60. The smallest absolute Gasteiger partial charge is 0.328 e. The van der Waals surface area contributed by atoms with E-state index in [-0.39, 0.29) is 11.5 Å². The average Bonchev–Trinajstić information content (AvgIpc) is 2.38. The van der Waals surface area contributed by atoms with Gasteiger partial charge in [0.1, 0.15) is 18.2 Å². The Morgan fingerprint density at radius 3 is 2.61 bits per heavy atom. The van der Waals surface area contributed by atoms with Gasteiger partial charge in [0, 0.05) is 5.69 Å². The van der Waals surface area contributed by atoms with Crippen LogP contribution in [-0.2, 0) is 9.53 Å². The van der Waals surface area contributed by atoms with Crippen molar-refractivity contribution < 1.29 is 9.53 Å². The Bertz CT molecular complexity index is 526. The molecule has 0 radical (unpaired) electrons. The number of carbonyl (C=O) groups excluding carboxylic acids is 1. The highest BCUT2D eigenvalue weighted by atomic mass is 16.5. The Hall–Kier alpha value is -2.53. The van der Waals surface area contributed by atoms with E-state index in [0.717, 1.165) is 0 Å². The van der Waals surface area contributed by atoms with E-state index in [1.165, 1.54) is 6.07 Å². The van der Waals surface area contributed by atoms with E-state index in [0.29, 0.717) is 17.9 Å². The van der Waals surface area contributed by atoms with Crippen molar-refractivity contribution in [2.45, 2.75) is 19.9 Å². The molecule has 5 heteroatoms. The number of anilines is 1. The zero-order valence-corrected chi connectivity index (χ0v) is 10.2. The number of hydrogen-bond donors (Lipinski definition) is 1. The number of hydrogen-bond acceptors (Lipinski definition) is 5. The summed E-state index contributed by atoms with van der Waals surface area (Å²) >= 11 is 0. The number of carbonyl (C=O) groups is 1. The van der Waals surface area contributed by atoms with E-state index in [4.69, 9.17) is 15.3 Å². The molecule has 1 N–H and O–H groups in total. The summed E-state index contributed by atoms with van der Waals surface area (Å²) in [6.45, 7) is 3.73. The highest BCUT2D eigenvalue weighted by Gasteiger charge is 2.14. The van der Waals surface area contributed by atoms with Crippen molar-refractivity contribution in [1.29, 1.82) is 10.5 Å². The van der Waals surface area contributed by atoms with E-state index in [2.05, 4.69) is 5.32 Å². The third kappa shape index (κ3) is 3.23. The fourth-order valence-electron chi connectivity index (χ4n) is 1.40. The second kappa shape index (κ2) is 6.27. The van der Waals surface area contributed by atoms with Crippen LogP contribution in [0.4, 0.5) is 5.69 Å². The van der Waals surface area contributed by atoms with Gasteiger partial charge in [-0.25, -0.2) is 4.79 Å². The quantitative estimate of drug-likeness (QED) is 0.815. The van der Waals surface area contributed by atoms with Crippen LogP contribution in [0.2, 0.25) is 0 Å². The molecule has 1 aromatic rings. The minimum Gasteiger partial charge on any atom is -0.464 e. The predicted octanol–water partition coefficient (Wildman–Crippen LogP) is 1.79. The Balaban J connectivity index is 2.84. The van der Waals surface area contributed by atoms with Crippen LogP contribution in [-0.4, -0.2) is 18.6 Å². The molecular formula is C13H13N3O2. The molecule has 5 nitrogen and oxygen atoms in total. The molecule has 0 aliphatic rings. The predicted molar refractivity (Wildman–Crippen MR) is 65.6 cm³/mol. The van der Waals surface area contributed by atoms with Crippen LogP contribution in [0.15, 0.2) is 18.2 Å². The molecule has 0 aliphatic heterocycles. The molecule has 0 aromatic heterocycles. The van der Waals surface area contributed by atoms with Gasteiger partial charge in [-0.3, -0.25) is 0 Å². The van der Waals surface area contributed by atoms with Crippen molar-refractivity contribution in [3.63, 3.8) is 0 Å². The zero-order valence-electron chi connectivity index (χ0n) is 10.2. The lowest BCUT2D eigenvalue weighted by Crippen LogP contribution is -2.28. The highest BCUT2D eigenvalue weighted by Crippen LogP contribution is 2.15. The van der Waals surface area contributed by atoms with E-state index < -0.39 is 6.04 Å². The van der Waals surface area contributed by atoms with Crippen LogP contribution < -0.4 is 5.32 Å². The van der Waals surface area contributed by atoms with Gasteiger partial charge in [0.15, 0.2) is 0 Å². The normalized spacial score (nSPS) is 10.9. The lowest BCUT2D eigenvalue weighted by molar-refractivity contribution is -0.143. The Labute approximate surface area is 106 Å². The standard InChI is InChI=1S/C13H13N3O2/c1-3-18-13(17)9(2)16-12-5-4-10(7-14)11(6-12)8-15/h4-6,9,16H,3H2,1-2H3. The van der Waals surface area contributed by atoms with Crippen molar-refractivity contribution in [3.8, 4) is 12.1 Å². The zero-order chi connectivity index (χ0) is 13.5. The second-order valence-electron chi connectivity index (χ2n) is 3.60. The third-order valence-corrected chi connectivity index (χ3v) is 2.28. The molecule has 0 heterocycles. The number of benzene rings is 1. The lowest BCUT2D eigenvalue weighted by Gasteiger charge is -2.14. The minimum absolute atomic E-state index is 0.276. The summed E-state index contributed by atoms with van der Waals surface area (Å²) in [5.41, 5.74) is 1.19. The van der Waals surface area contributed by atoms with Gasteiger partial charge in [0.2, 0.25) is 0 Å². The number of esters is 1. The van der Waals surface area contributed by atoms with Crippen LogP contribution >= 0.6 is 0 Å². The lowest BCUT2D eigenvalue weighted by atomic mass is 10.1. The molecule has 1 aromatic carbocycles. The van der Waals surface area contributed by atoms with Crippen LogP contribution in [0.25, 0.3) is 0 Å². The fraction of sp³-hybridized carbons (Fsp3) is 0.308. The monoisotopic (exact) mass is 243 g/mol. The first-order valence-corrected chi connectivity index (χ1v) is 5.49. The molecule has 0 saturated heterocycles. The maximum atomic E-state index is 11.4. The summed E-state index contributed by atoms with van der Waals surface area (Å²) < 4.78 is 4.86. The molecule has 1 atom stereocenters. The largest absolute Gasteiger partial charge is 0.464 e. The van der Waals surface area contributed by atoms with E-state index in [1.54, 1.807) is 26.0 Å². The summed E-state index contributed by atoms with van der Waals surface area (Å²) in [5.74, 6) is -0.361. The van der Waals surface area contributed by atoms with Gasteiger partial charge >= 0.3 is 5.97 Å². The first kappa shape index (κ1) is 13.5. The first-order chi connectivity index (χ1) is 8.62. The van der Waals surface area contributed by atoms with Gasteiger partial charge in [0.05, 0.1) is 17.7 Å². The van der Waals surface area contributed by atoms with E-state index in [1.807, 2.05) is 12.1 Å². The van der Waals surface area contributed by atoms with Crippen LogP contribution in [0, 0.1) is 22.7 Å². The van der Waals surface area contributed by atoms with Gasteiger partial charge in [-0.15, -0.1) is 0 Å². The summed E-state index contributed by atoms with van der Waals surface area (Å²) in [5, 5.41) is 20.6. The Kier molecular flexibility index (Phi) is 4.71. The average molecular weight is 243 g/mol. The molecule has 0 bridgehead atoms. The minimum atomic E-state index is -0.510. The molecular weight excluding hydrogens is 230 g/mol. The molecule has 0 spiro atoms. The van der Waals surface area contributed by atoms with Gasteiger partial charge < -0.3 is 10.1 Å². The van der Waals surface area contributed by atoms with E-state index >= 15 is 0 Å². The summed E-state index contributed by atoms with van der Waals surface area (Å²) in [7, 11) is 0. The molecule has 0 amide bonds. The van der Waals surface area contributed by atoms with Gasteiger partial charge in [-0.1, -0.05) is 0 Å². The molecule has 1 rings (SSSR count). The van der Waals surface area contributed by atoms with Crippen LogP contribution in [0.5, 0.6) is 0 Å². The number of nitrogens with one attached hydrogen (secondary N) is 1. The number of ether oxygens (including phenoxy) is 1. The molecule has 0 fully saturated rings. The summed E-state index contributed by atoms with van der Waals surface area (Å²) in [6, 6.07) is 8.08. The first-order valence-electron chi connectivity index (χ1n) is 5.49. The van der Waals surface area contributed by atoms with Crippen molar-refractivity contribution in [1.82, 2.24) is 0 Å². The number of nitriles is 2. The van der Waals surface area contributed by atoms with E-state index in [9.17, 15) is 4.79 Å². The van der Waals surface area contributed by atoms with Crippen molar-refractivity contribution in [3.05, 3.63) is 29.3 Å². The summed E-state index contributed by atoms with van der Waals surface area (Å²) in [4.78, 5) is 11.4. The maximum absolute atomic E-state index is 11.4. The topological polar surface area (TPSA) is 85.9 Å². The maximum Gasteiger partial charge on any atom is 0.328 e. The highest BCUT2D eigenvalue weighted by molar-refractivity contribution is 5.79. The molecule has 0 aliphatic carbocycles. The molecule has 92 valence electrons. The molecule has 18 heavy (non-hydrogen) atoms. The van der Waals surface area contributed by atoms with Crippen molar-refractivity contribution >= 4 is 11.7 Å². The molecule has 1 unspecified atom stereocenters. The van der Waals surface area contributed by atoms with Gasteiger partial charge in [0.25, 0.3) is 0 Å². The van der Waals surface area contributed by atoms with Crippen molar-refractivity contribution in [2.24, 2.45) is 0 Å². The van der Waals surface area contributed by atoms with Crippen LogP contribution in [0.1, 0.15) is 25.0 Å². The SMILES string of the molecule is CCOC(=O)C(C)Nc1ccc(C#N)c(C#N)c1. The Morgan fingerprint density at radius 2 is 2.06 bits per heavy atom. The Morgan fingerprint density at radius 1 is 1.39 bits per heavy atom. The van der Waals surface area contributed by atoms with Crippen molar-refractivity contribution in [2.75, 3.05) is 11.9 Å². The van der Waals surface area contributed by atoms with Gasteiger partial charge in [-0.05, 0) is 32.0 Å². The van der Waals surface area contributed by atoms with Crippen LogP contribution in [0.3, 0.4) is 0 Å². The number of nitrogens with zero attached hydrogens (tertiary/aromatic N) is 2.